The SMILES string of the molecule is COc1cc(F)c([C@@H]2CN(c3nc(N4CCCC4=O)ccc3F)C(=O)C2NC(=O)c2ccc(OC(F)F)cc2)c(F)c1. The van der Waals surface area contributed by atoms with Crippen LogP contribution in [0.4, 0.5) is 33.6 Å². The summed E-state index contributed by atoms with van der Waals surface area (Å²) < 4.78 is 79.6. The Bertz CT molecular complexity index is 1510. The maximum absolute atomic E-state index is 15.2. The van der Waals surface area contributed by atoms with Crippen LogP contribution in [0.5, 0.6) is 11.5 Å². The summed E-state index contributed by atoms with van der Waals surface area (Å²) in [4.78, 5) is 45.4. The predicted molar refractivity (Wildman–Crippen MR) is 138 cm³/mol. The van der Waals surface area contributed by atoms with E-state index in [0.717, 1.165) is 47.4 Å². The molecule has 0 bridgehead atoms. The zero-order valence-corrected chi connectivity index (χ0v) is 22.0. The van der Waals surface area contributed by atoms with Crippen LogP contribution >= 0.6 is 0 Å². The molecule has 2 saturated heterocycles. The molecule has 2 atom stereocenters. The minimum absolute atomic E-state index is 0.0730. The fraction of sp³-hybridized carbons (Fsp3) is 0.286. The molecule has 3 heterocycles. The number of alkyl halides is 2. The Morgan fingerprint density at radius 3 is 2.26 bits per heavy atom. The summed E-state index contributed by atoms with van der Waals surface area (Å²) in [6.45, 7) is -3.22. The summed E-state index contributed by atoms with van der Waals surface area (Å²) in [6, 6.07) is 7.05. The van der Waals surface area contributed by atoms with E-state index in [0.29, 0.717) is 13.0 Å². The van der Waals surface area contributed by atoms with Gasteiger partial charge < -0.3 is 14.8 Å². The van der Waals surface area contributed by atoms with E-state index in [2.05, 4.69) is 15.0 Å². The van der Waals surface area contributed by atoms with Crippen molar-refractivity contribution in [2.24, 2.45) is 0 Å². The minimum Gasteiger partial charge on any atom is -0.497 e. The van der Waals surface area contributed by atoms with E-state index in [1.807, 2.05) is 0 Å². The van der Waals surface area contributed by atoms with Crippen LogP contribution in [-0.2, 0) is 9.59 Å². The molecule has 2 aromatic carbocycles. The highest BCUT2D eigenvalue weighted by Gasteiger charge is 2.46. The molecule has 2 aliphatic rings. The third kappa shape index (κ3) is 5.56. The van der Waals surface area contributed by atoms with Crippen LogP contribution in [0, 0.1) is 17.5 Å². The van der Waals surface area contributed by atoms with Crippen LogP contribution in [0.1, 0.15) is 34.7 Å². The highest BCUT2D eigenvalue weighted by Crippen LogP contribution is 2.37. The first kappa shape index (κ1) is 28.8. The molecular weight excluding hydrogens is 567 g/mol. The van der Waals surface area contributed by atoms with Gasteiger partial charge in [-0.3, -0.25) is 24.2 Å². The Kier molecular flexibility index (Phi) is 7.96. The highest BCUT2D eigenvalue weighted by molar-refractivity contribution is 6.05. The minimum atomic E-state index is -3.09. The van der Waals surface area contributed by atoms with Crippen LogP contribution in [-0.4, -0.2) is 55.6 Å². The molecule has 0 spiro atoms. The number of nitrogens with zero attached hydrogens (tertiary/aromatic N) is 3. The van der Waals surface area contributed by atoms with Crippen molar-refractivity contribution in [3.8, 4) is 11.5 Å². The van der Waals surface area contributed by atoms with Gasteiger partial charge in [-0.2, -0.15) is 8.78 Å². The number of carbonyl (C=O) groups is 3. The van der Waals surface area contributed by atoms with E-state index < -0.39 is 65.8 Å². The van der Waals surface area contributed by atoms with Gasteiger partial charge in [-0.15, -0.1) is 0 Å². The van der Waals surface area contributed by atoms with Gasteiger partial charge in [0, 0.05) is 48.7 Å². The molecule has 0 radical (unpaired) electrons. The smallest absolute Gasteiger partial charge is 0.387 e. The van der Waals surface area contributed by atoms with Crippen molar-refractivity contribution in [2.45, 2.75) is 31.4 Å². The quantitative estimate of drug-likeness (QED) is 0.396. The maximum Gasteiger partial charge on any atom is 0.387 e. The summed E-state index contributed by atoms with van der Waals surface area (Å²) in [7, 11) is 1.21. The third-order valence-electron chi connectivity index (χ3n) is 7.02. The van der Waals surface area contributed by atoms with Crippen molar-refractivity contribution >= 4 is 29.4 Å². The van der Waals surface area contributed by atoms with Crippen molar-refractivity contribution < 1.29 is 45.8 Å². The van der Waals surface area contributed by atoms with E-state index in [1.165, 1.54) is 18.1 Å². The second kappa shape index (κ2) is 11.6. The number of aromatic nitrogens is 1. The molecule has 3 amide bonds. The lowest BCUT2D eigenvalue weighted by molar-refractivity contribution is -0.119. The number of ether oxygens (including phenoxy) is 2. The predicted octanol–water partition coefficient (Wildman–Crippen LogP) is 4.16. The molecule has 9 nitrogen and oxygen atoms in total. The van der Waals surface area contributed by atoms with Gasteiger partial charge in [0.1, 0.15) is 35.0 Å². The first-order chi connectivity index (χ1) is 20.1. The number of benzene rings is 2. The summed E-state index contributed by atoms with van der Waals surface area (Å²) in [6.07, 6.45) is 0.843. The highest BCUT2D eigenvalue weighted by atomic mass is 19.3. The number of pyridine rings is 1. The van der Waals surface area contributed by atoms with E-state index >= 15 is 13.2 Å². The normalized spacial score (nSPS) is 18.6. The maximum atomic E-state index is 15.2. The fourth-order valence-corrected chi connectivity index (χ4v) is 5.04. The second-order valence-electron chi connectivity index (χ2n) is 9.54. The van der Waals surface area contributed by atoms with Gasteiger partial charge in [0.25, 0.3) is 11.8 Å². The topological polar surface area (TPSA) is 101 Å². The Balaban J connectivity index is 1.51. The first-order valence-corrected chi connectivity index (χ1v) is 12.7. The number of amides is 3. The van der Waals surface area contributed by atoms with Crippen LogP contribution in [0.15, 0.2) is 48.5 Å². The first-order valence-electron chi connectivity index (χ1n) is 12.7. The molecule has 1 aromatic heterocycles. The third-order valence-corrected chi connectivity index (χ3v) is 7.02. The number of hydrogen-bond acceptors (Lipinski definition) is 6. The van der Waals surface area contributed by atoms with E-state index in [-0.39, 0.29) is 35.2 Å². The number of anilines is 2. The largest absolute Gasteiger partial charge is 0.497 e. The van der Waals surface area contributed by atoms with Crippen molar-refractivity contribution in [1.82, 2.24) is 10.3 Å². The molecule has 42 heavy (non-hydrogen) atoms. The molecule has 3 aromatic rings. The fourth-order valence-electron chi connectivity index (χ4n) is 5.04. The summed E-state index contributed by atoms with van der Waals surface area (Å²) in [5, 5.41) is 2.43. The van der Waals surface area contributed by atoms with Crippen molar-refractivity contribution in [1.29, 1.82) is 0 Å². The van der Waals surface area contributed by atoms with Gasteiger partial charge in [0.05, 0.1) is 7.11 Å². The molecule has 220 valence electrons. The molecule has 14 heteroatoms. The summed E-state index contributed by atoms with van der Waals surface area (Å²) in [5.74, 6) is -7.18. The standard InChI is InChI=1S/C28H23F5N4O5/c1-41-16-11-19(30)23(20(31)12-16)17-13-37(25-18(29)8-9-21(34-25)36-10-2-3-22(36)38)27(40)24(17)35-26(39)14-4-6-15(7-5-14)42-28(32)33/h4-9,11-12,17,24,28H,2-3,10,13H2,1H3,(H,35,39)/t17-,24?/m0/s1. The Morgan fingerprint density at radius 2 is 1.67 bits per heavy atom. The molecule has 2 fully saturated rings. The van der Waals surface area contributed by atoms with Gasteiger partial charge in [-0.05, 0) is 42.8 Å². The average molecular weight is 591 g/mol. The van der Waals surface area contributed by atoms with Gasteiger partial charge in [0.2, 0.25) is 5.91 Å². The van der Waals surface area contributed by atoms with Gasteiger partial charge in [-0.1, -0.05) is 0 Å². The zero-order valence-electron chi connectivity index (χ0n) is 22.0. The molecule has 0 aliphatic carbocycles. The zero-order chi connectivity index (χ0) is 30.1. The van der Waals surface area contributed by atoms with E-state index in [9.17, 15) is 23.2 Å². The Morgan fingerprint density at radius 1 is 0.976 bits per heavy atom. The van der Waals surface area contributed by atoms with Gasteiger partial charge in [-0.25, -0.2) is 18.2 Å². The number of nitrogens with one attached hydrogen (secondary N) is 1. The molecule has 1 N–H and O–H groups in total. The number of methoxy groups -OCH3 is 1. The van der Waals surface area contributed by atoms with Crippen LogP contribution in [0.2, 0.25) is 0 Å². The monoisotopic (exact) mass is 590 g/mol. The lowest BCUT2D eigenvalue weighted by Crippen LogP contribution is -2.44. The lowest BCUT2D eigenvalue weighted by atomic mass is 9.92. The van der Waals surface area contributed by atoms with Crippen LogP contribution in [0.3, 0.4) is 0 Å². The van der Waals surface area contributed by atoms with Crippen LogP contribution in [0.25, 0.3) is 0 Å². The molecule has 5 rings (SSSR count). The second-order valence-corrected chi connectivity index (χ2v) is 9.54. The molecule has 1 unspecified atom stereocenters. The van der Waals surface area contributed by atoms with Gasteiger partial charge >= 0.3 is 6.61 Å². The number of carbonyl (C=O) groups excluding carboxylic acids is 3. The van der Waals surface area contributed by atoms with Crippen molar-refractivity contribution in [3.05, 3.63) is 77.1 Å². The van der Waals surface area contributed by atoms with Crippen LogP contribution < -0.4 is 24.6 Å². The summed E-state index contributed by atoms with van der Waals surface area (Å²) in [5.41, 5.74) is -0.625. The van der Waals surface area contributed by atoms with Crippen molar-refractivity contribution in [2.75, 3.05) is 30.0 Å². The molecular formula is C28H23F5N4O5. The Hall–Kier alpha value is -4.75. The van der Waals surface area contributed by atoms with E-state index in [1.54, 1.807) is 0 Å². The Labute approximate surface area is 235 Å². The van der Waals surface area contributed by atoms with Gasteiger partial charge in [0.15, 0.2) is 11.6 Å². The average Bonchev–Trinajstić information content (AvgIpc) is 3.51. The number of halogens is 5. The molecule has 0 saturated carbocycles. The number of hydrogen-bond donors (Lipinski definition) is 1. The lowest BCUT2D eigenvalue weighted by Gasteiger charge is -2.20. The molecule has 2 aliphatic heterocycles. The number of rotatable bonds is 8. The van der Waals surface area contributed by atoms with Crippen molar-refractivity contribution in [3.63, 3.8) is 0 Å². The summed E-state index contributed by atoms with van der Waals surface area (Å²) >= 11 is 0. The van der Waals surface area contributed by atoms with E-state index in [4.69, 9.17) is 4.74 Å².